The quantitative estimate of drug-likeness (QED) is 0.467. The van der Waals surface area contributed by atoms with E-state index in [9.17, 15) is 22.8 Å². The van der Waals surface area contributed by atoms with Gasteiger partial charge in [-0.25, -0.2) is 4.79 Å². The van der Waals surface area contributed by atoms with Gasteiger partial charge in [0.2, 0.25) is 0 Å². The number of anilines is 1. The Labute approximate surface area is 215 Å². The molecule has 198 valence electrons. The van der Waals surface area contributed by atoms with Crippen molar-refractivity contribution in [1.82, 2.24) is 5.32 Å². The van der Waals surface area contributed by atoms with Gasteiger partial charge in [0.05, 0.1) is 24.8 Å². The van der Waals surface area contributed by atoms with Crippen molar-refractivity contribution in [2.45, 2.75) is 30.5 Å². The third kappa shape index (κ3) is 5.90. The van der Waals surface area contributed by atoms with Gasteiger partial charge in [0.15, 0.2) is 6.10 Å². The number of hydrogen-bond donors (Lipinski definition) is 2. The summed E-state index contributed by atoms with van der Waals surface area (Å²) in [6.45, 7) is 0.172. The summed E-state index contributed by atoms with van der Waals surface area (Å²) in [5.41, 5.74) is -0.265. The van der Waals surface area contributed by atoms with Gasteiger partial charge < -0.3 is 24.3 Å². The first kappa shape index (κ1) is 25.6. The highest BCUT2D eigenvalue weighted by atomic mass is 19.4. The van der Waals surface area contributed by atoms with E-state index < -0.39 is 48.1 Å². The maximum absolute atomic E-state index is 12.8. The molecular formula is C27H23F3N2O6. The van der Waals surface area contributed by atoms with Crippen LogP contribution in [0.3, 0.4) is 0 Å². The predicted molar refractivity (Wildman–Crippen MR) is 129 cm³/mol. The van der Waals surface area contributed by atoms with Crippen molar-refractivity contribution in [3.8, 4) is 11.5 Å². The van der Waals surface area contributed by atoms with Crippen molar-refractivity contribution in [2.24, 2.45) is 0 Å². The summed E-state index contributed by atoms with van der Waals surface area (Å²) in [5, 5.41) is 5.37. The van der Waals surface area contributed by atoms with Crippen molar-refractivity contribution in [1.29, 1.82) is 0 Å². The lowest BCUT2D eigenvalue weighted by Gasteiger charge is -2.18. The topological polar surface area (TPSA) is 95.1 Å². The second-order valence-electron chi connectivity index (χ2n) is 8.76. The molecule has 0 spiro atoms. The second-order valence-corrected chi connectivity index (χ2v) is 8.76. The molecule has 2 aliphatic rings. The molecule has 0 radical (unpaired) electrons. The Hall–Kier alpha value is -4.09. The number of rotatable bonds is 6. The number of amides is 2. The monoisotopic (exact) mass is 528 g/mol. The summed E-state index contributed by atoms with van der Waals surface area (Å²) in [4.78, 5) is 25.0. The number of para-hydroxylation sites is 1. The maximum Gasteiger partial charge on any atom is 0.416 e. The van der Waals surface area contributed by atoms with Gasteiger partial charge >= 0.3 is 12.3 Å². The van der Waals surface area contributed by atoms with Gasteiger partial charge in [-0.1, -0.05) is 18.2 Å². The van der Waals surface area contributed by atoms with Crippen LogP contribution in [0, 0.1) is 0 Å². The molecule has 38 heavy (non-hydrogen) atoms. The molecule has 3 aromatic rings. The molecule has 4 unspecified atom stereocenters. The van der Waals surface area contributed by atoms with E-state index in [1.54, 1.807) is 24.3 Å². The lowest BCUT2D eigenvalue weighted by molar-refractivity contribution is -0.137. The fourth-order valence-electron chi connectivity index (χ4n) is 4.27. The Morgan fingerprint density at radius 1 is 0.816 bits per heavy atom. The van der Waals surface area contributed by atoms with E-state index in [4.69, 9.17) is 18.9 Å². The third-order valence-corrected chi connectivity index (χ3v) is 6.14. The van der Waals surface area contributed by atoms with Crippen molar-refractivity contribution >= 4 is 17.7 Å². The molecule has 0 saturated carbocycles. The van der Waals surface area contributed by atoms with Crippen molar-refractivity contribution in [3.63, 3.8) is 0 Å². The van der Waals surface area contributed by atoms with E-state index in [0.717, 1.165) is 24.3 Å². The van der Waals surface area contributed by atoms with Gasteiger partial charge in [-0.3, -0.25) is 10.1 Å². The van der Waals surface area contributed by atoms with Crippen LogP contribution in [0.2, 0.25) is 0 Å². The molecule has 2 N–H and O–H groups in total. The predicted octanol–water partition coefficient (Wildman–Crippen LogP) is 5.01. The number of nitrogens with one attached hydrogen (secondary N) is 2. The molecule has 11 heteroatoms. The lowest BCUT2D eigenvalue weighted by atomic mass is 10.1. The first-order valence-electron chi connectivity index (χ1n) is 11.8. The average Bonchev–Trinajstić information content (AvgIpc) is 3.48. The lowest BCUT2D eigenvalue weighted by Crippen LogP contribution is -2.44. The van der Waals surface area contributed by atoms with Crippen LogP contribution < -0.4 is 15.4 Å². The van der Waals surface area contributed by atoms with E-state index >= 15 is 0 Å². The van der Waals surface area contributed by atoms with Crippen LogP contribution in [0.4, 0.5) is 23.7 Å². The number of benzene rings is 3. The highest BCUT2D eigenvalue weighted by molar-refractivity contribution is 5.94. The molecule has 8 nitrogen and oxygen atoms in total. The van der Waals surface area contributed by atoms with Gasteiger partial charge in [-0.2, -0.15) is 13.2 Å². The number of hydrogen-bond acceptors (Lipinski definition) is 6. The van der Waals surface area contributed by atoms with Gasteiger partial charge in [-0.05, 0) is 60.7 Å². The maximum atomic E-state index is 12.8. The highest BCUT2D eigenvalue weighted by Gasteiger charge is 2.50. The Kier molecular flexibility index (Phi) is 7.21. The highest BCUT2D eigenvalue weighted by Crippen LogP contribution is 2.31. The van der Waals surface area contributed by atoms with Crippen molar-refractivity contribution in [3.05, 3.63) is 90.0 Å². The second kappa shape index (κ2) is 10.7. The van der Waals surface area contributed by atoms with Gasteiger partial charge in [0.1, 0.15) is 23.7 Å². The molecular weight excluding hydrogens is 505 g/mol. The summed E-state index contributed by atoms with van der Waals surface area (Å²) < 4.78 is 60.9. The Bertz CT molecular complexity index is 1270. The van der Waals surface area contributed by atoms with Gasteiger partial charge in [-0.15, -0.1) is 0 Å². The van der Waals surface area contributed by atoms with E-state index in [2.05, 4.69) is 10.6 Å². The fourth-order valence-corrected chi connectivity index (χ4v) is 4.27. The Morgan fingerprint density at radius 2 is 1.47 bits per heavy atom. The minimum Gasteiger partial charge on any atom is -0.457 e. The number of ether oxygens (including phenoxy) is 4. The molecule has 0 aliphatic carbocycles. The first-order valence-corrected chi connectivity index (χ1v) is 11.8. The van der Waals surface area contributed by atoms with Gasteiger partial charge in [0, 0.05) is 11.3 Å². The number of fused-ring (bicyclic) bond motifs is 1. The number of alkyl halides is 3. The molecule has 0 aromatic heterocycles. The van der Waals surface area contributed by atoms with Crippen LogP contribution in [0.15, 0.2) is 78.9 Å². The number of carbonyl (C=O) groups excluding carboxylic acids is 2. The molecule has 4 atom stereocenters. The zero-order valence-electron chi connectivity index (χ0n) is 19.8. The first-order chi connectivity index (χ1) is 18.3. The molecule has 0 bridgehead atoms. The molecule has 2 aliphatic heterocycles. The summed E-state index contributed by atoms with van der Waals surface area (Å²) in [6.07, 6.45) is -7.05. The minimum atomic E-state index is -4.49. The van der Waals surface area contributed by atoms with Crippen molar-refractivity contribution in [2.75, 3.05) is 18.5 Å². The molecule has 2 fully saturated rings. The summed E-state index contributed by atoms with van der Waals surface area (Å²) in [7, 11) is 0. The molecule has 2 saturated heterocycles. The smallest absolute Gasteiger partial charge is 0.416 e. The molecule has 5 rings (SSSR count). The normalized spacial score (nSPS) is 22.4. The average molecular weight is 528 g/mol. The standard InChI is InChI=1S/C27H23F3N2O6/c28-27(29,30)17-8-6-16(7-9-17)25(33)32-21-14-35-24-22(15-36-23(21)24)38-26(34)31-18-10-12-20(13-11-18)37-19-4-2-1-3-5-19/h1-13,21-24H,14-15H2,(H,31,34)(H,32,33). The van der Waals surface area contributed by atoms with E-state index in [-0.39, 0.29) is 18.8 Å². The number of carbonyl (C=O) groups is 2. The summed E-state index contributed by atoms with van der Waals surface area (Å²) >= 11 is 0. The van der Waals surface area contributed by atoms with Crippen LogP contribution in [-0.4, -0.2) is 49.6 Å². The Morgan fingerprint density at radius 3 is 2.16 bits per heavy atom. The van der Waals surface area contributed by atoms with Crippen LogP contribution in [0.5, 0.6) is 11.5 Å². The zero-order valence-corrected chi connectivity index (χ0v) is 19.8. The Balaban J connectivity index is 1.11. The van der Waals surface area contributed by atoms with Crippen LogP contribution >= 0.6 is 0 Å². The van der Waals surface area contributed by atoms with Crippen LogP contribution in [-0.2, 0) is 20.4 Å². The molecule has 2 amide bonds. The van der Waals surface area contributed by atoms with Crippen LogP contribution in [0.25, 0.3) is 0 Å². The number of halogens is 3. The zero-order chi connectivity index (χ0) is 26.7. The summed E-state index contributed by atoms with van der Waals surface area (Å²) in [6, 6.07) is 19.4. The van der Waals surface area contributed by atoms with E-state index in [1.807, 2.05) is 30.3 Å². The summed E-state index contributed by atoms with van der Waals surface area (Å²) in [5.74, 6) is 0.734. The minimum absolute atomic E-state index is 0.0687. The van der Waals surface area contributed by atoms with E-state index in [0.29, 0.717) is 17.2 Å². The molecule has 2 heterocycles. The molecule has 3 aromatic carbocycles. The van der Waals surface area contributed by atoms with E-state index in [1.165, 1.54) is 0 Å². The van der Waals surface area contributed by atoms with Crippen LogP contribution in [0.1, 0.15) is 15.9 Å². The van der Waals surface area contributed by atoms with Crippen molar-refractivity contribution < 1.29 is 41.7 Å². The SMILES string of the molecule is O=C(Nc1ccc(Oc2ccccc2)cc1)OC1COC2C(NC(=O)c3ccc(C(F)(F)F)cc3)COC12. The fraction of sp³-hybridized carbons (Fsp3) is 0.259. The third-order valence-electron chi connectivity index (χ3n) is 6.14. The van der Waals surface area contributed by atoms with Gasteiger partial charge in [0.25, 0.3) is 5.91 Å². The largest absolute Gasteiger partial charge is 0.457 e.